The number of aromatic amines is 1. The van der Waals surface area contributed by atoms with Gasteiger partial charge in [0.1, 0.15) is 0 Å². The minimum absolute atomic E-state index is 0.0644. The number of para-hydroxylation sites is 2. The first-order valence-electron chi connectivity index (χ1n) is 11.5. The SMILES string of the molecule is CC(C)N1CCN(c2c(-c3n[nH]c(=S)n3-c3ccccc3)cnc3c(C(F)(F)F)cccc23)CC1. The quantitative estimate of drug-likeness (QED) is 0.366. The summed E-state index contributed by atoms with van der Waals surface area (Å²) in [5, 5.41) is 7.78. The van der Waals surface area contributed by atoms with E-state index in [9.17, 15) is 13.2 Å². The summed E-state index contributed by atoms with van der Waals surface area (Å²) >= 11 is 5.52. The number of pyridine rings is 1. The molecule has 6 nitrogen and oxygen atoms in total. The Morgan fingerprint density at radius 1 is 0.971 bits per heavy atom. The summed E-state index contributed by atoms with van der Waals surface area (Å²) in [5.41, 5.74) is 1.32. The van der Waals surface area contributed by atoms with Crippen molar-refractivity contribution < 1.29 is 13.2 Å². The third-order valence-corrected chi connectivity index (χ3v) is 6.74. The maximum Gasteiger partial charge on any atom is 0.418 e. The average Bonchev–Trinajstić information content (AvgIpc) is 3.24. The fraction of sp³-hybridized carbons (Fsp3) is 0.320. The number of nitrogens with one attached hydrogen (secondary N) is 1. The molecule has 1 aliphatic rings. The van der Waals surface area contributed by atoms with E-state index >= 15 is 0 Å². The van der Waals surface area contributed by atoms with Crippen LogP contribution in [0.25, 0.3) is 28.0 Å². The lowest BCUT2D eigenvalue weighted by atomic mass is 10.0. The van der Waals surface area contributed by atoms with E-state index in [4.69, 9.17) is 12.2 Å². The van der Waals surface area contributed by atoms with Crippen molar-refractivity contribution in [1.29, 1.82) is 0 Å². The van der Waals surface area contributed by atoms with Gasteiger partial charge in [-0.3, -0.25) is 19.5 Å². The van der Waals surface area contributed by atoms with Crippen molar-refractivity contribution in [3.8, 4) is 17.1 Å². The number of rotatable bonds is 4. The van der Waals surface area contributed by atoms with Crippen LogP contribution in [0.1, 0.15) is 19.4 Å². The molecule has 2 aromatic heterocycles. The normalized spacial score (nSPS) is 15.3. The Bertz CT molecular complexity index is 1400. The highest BCUT2D eigenvalue weighted by Gasteiger charge is 2.35. The first kappa shape index (κ1) is 23.5. The average molecular weight is 499 g/mol. The topological polar surface area (TPSA) is 53.0 Å². The molecular weight excluding hydrogens is 473 g/mol. The van der Waals surface area contributed by atoms with Gasteiger partial charge >= 0.3 is 6.18 Å². The second kappa shape index (κ2) is 9.09. The van der Waals surface area contributed by atoms with E-state index in [1.807, 2.05) is 30.3 Å². The number of fused-ring (bicyclic) bond motifs is 1. The zero-order valence-electron chi connectivity index (χ0n) is 19.4. The molecule has 182 valence electrons. The van der Waals surface area contributed by atoms with Crippen LogP contribution in [0.4, 0.5) is 18.9 Å². The Labute approximate surface area is 206 Å². The Morgan fingerprint density at radius 2 is 1.69 bits per heavy atom. The van der Waals surface area contributed by atoms with E-state index < -0.39 is 11.7 Å². The number of benzene rings is 2. The van der Waals surface area contributed by atoms with E-state index in [1.54, 1.807) is 10.6 Å². The van der Waals surface area contributed by atoms with Gasteiger partial charge in [0.05, 0.1) is 22.3 Å². The lowest BCUT2D eigenvalue weighted by Crippen LogP contribution is -2.49. The third-order valence-electron chi connectivity index (χ3n) is 6.46. The maximum absolute atomic E-state index is 13.8. The predicted molar refractivity (Wildman–Crippen MR) is 133 cm³/mol. The number of H-pyrrole nitrogens is 1. The summed E-state index contributed by atoms with van der Waals surface area (Å²) in [6.45, 7) is 7.27. The van der Waals surface area contributed by atoms with Crippen LogP contribution in [0.5, 0.6) is 0 Å². The number of anilines is 1. The number of nitrogens with zero attached hydrogens (tertiary/aromatic N) is 5. The molecule has 0 spiro atoms. The molecule has 4 aromatic rings. The largest absolute Gasteiger partial charge is 0.418 e. The molecule has 0 radical (unpaired) electrons. The number of aromatic nitrogens is 4. The zero-order valence-corrected chi connectivity index (χ0v) is 20.2. The van der Waals surface area contributed by atoms with Gasteiger partial charge in [0.25, 0.3) is 0 Å². The van der Waals surface area contributed by atoms with Gasteiger partial charge in [-0.05, 0) is 44.3 Å². The summed E-state index contributed by atoms with van der Waals surface area (Å²) in [7, 11) is 0. The molecule has 0 atom stereocenters. The van der Waals surface area contributed by atoms with Gasteiger partial charge in [0.2, 0.25) is 0 Å². The molecule has 1 fully saturated rings. The van der Waals surface area contributed by atoms with E-state index in [0.717, 1.165) is 24.8 Å². The molecule has 3 heterocycles. The summed E-state index contributed by atoms with van der Waals surface area (Å²) in [4.78, 5) is 8.81. The van der Waals surface area contributed by atoms with Gasteiger partial charge in [-0.25, -0.2) is 0 Å². The first-order valence-corrected chi connectivity index (χ1v) is 11.9. The minimum Gasteiger partial charge on any atom is -0.368 e. The molecular formula is C25H25F3N6S. The van der Waals surface area contributed by atoms with Crippen LogP contribution in [0, 0.1) is 4.77 Å². The van der Waals surface area contributed by atoms with Gasteiger partial charge < -0.3 is 4.90 Å². The predicted octanol–water partition coefficient (Wildman–Crippen LogP) is 5.69. The van der Waals surface area contributed by atoms with Crippen LogP contribution < -0.4 is 4.90 Å². The number of hydrogen-bond acceptors (Lipinski definition) is 5. The molecule has 2 aromatic carbocycles. The molecule has 0 bridgehead atoms. The lowest BCUT2D eigenvalue weighted by molar-refractivity contribution is -0.136. The number of halogens is 3. The molecule has 1 saturated heterocycles. The van der Waals surface area contributed by atoms with E-state index in [0.29, 0.717) is 46.4 Å². The van der Waals surface area contributed by atoms with Crippen LogP contribution in [0.2, 0.25) is 0 Å². The van der Waals surface area contributed by atoms with Crippen LogP contribution in [-0.2, 0) is 6.18 Å². The van der Waals surface area contributed by atoms with E-state index in [1.165, 1.54) is 12.3 Å². The second-order valence-electron chi connectivity index (χ2n) is 8.86. The standard InChI is InChI=1S/C25H25F3N6S/c1-16(2)32-11-13-33(14-12-32)22-18-9-6-10-20(25(26,27)28)21(18)29-15-19(22)23-30-31-24(35)34(23)17-7-4-3-5-8-17/h3-10,15-16H,11-14H2,1-2H3,(H,31,35). The number of alkyl halides is 3. The van der Waals surface area contributed by atoms with Crippen LogP contribution in [0.15, 0.2) is 54.7 Å². The fourth-order valence-corrected chi connectivity index (χ4v) is 4.94. The summed E-state index contributed by atoms with van der Waals surface area (Å²) in [5.74, 6) is 0.509. The van der Waals surface area contributed by atoms with Crippen molar-refractivity contribution in [2.75, 3.05) is 31.1 Å². The molecule has 0 unspecified atom stereocenters. The lowest BCUT2D eigenvalue weighted by Gasteiger charge is -2.39. The highest BCUT2D eigenvalue weighted by molar-refractivity contribution is 7.71. The van der Waals surface area contributed by atoms with Gasteiger partial charge in [-0.2, -0.15) is 18.3 Å². The Balaban J connectivity index is 1.74. The molecule has 0 saturated carbocycles. The molecule has 5 rings (SSSR count). The van der Waals surface area contributed by atoms with Crippen LogP contribution in [-0.4, -0.2) is 56.9 Å². The van der Waals surface area contributed by atoms with Crippen molar-refractivity contribution in [3.05, 3.63) is 65.1 Å². The smallest absolute Gasteiger partial charge is 0.368 e. The molecule has 0 amide bonds. The van der Waals surface area contributed by atoms with Crippen LogP contribution in [0.3, 0.4) is 0 Å². The van der Waals surface area contributed by atoms with Crippen molar-refractivity contribution in [3.63, 3.8) is 0 Å². The molecule has 0 aliphatic carbocycles. The van der Waals surface area contributed by atoms with Crippen molar-refractivity contribution >= 4 is 28.8 Å². The summed E-state index contributed by atoms with van der Waals surface area (Å²) < 4.78 is 43.7. The fourth-order valence-electron chi connectivity index (χ4n) is 4.70. The van der Waals surface area contributed by atoms with Gasteiger partial charge in [0, 0.05) is 49.5 Å². The highest BCUT2D eigenvalue weighted by Crippen LogP contribution is 2.41. The van der Waals surface area contributed by atoms with E-state index in [-0.39, 0.29) is 5.52 Å². The first-order chi connectivity index (χ1) is 16.8. The molecule has 10 heteroatoms. The Hall–Kier alpha value is -3.24. The minimum atomic E-state index is -4.51. The van der Waals surface area contributed by atoms with Crippen molar-refractivity contribution in [2.45, 2.75) is 26.1 Å². The number of piperazine rings is 1. The Morgan fingerprint density at radius 3 is 2.34 bits per heavy atom. The van der Waals surface area contributed by atoms with Crippen LogP contribution >= 0.6 is 12.2 Å². The van der Waals surface area contributed by atoms with E-state index in [2.05, 4.69) is 38.8 Å². The molecule has 35 heavy (non-hydrogen) atoms. The van der Waals surface area contributed by atoms with Gasteiger partial charge in [-0.1, -0.05) is 30.3 Å². The maximum atomic E-state index is 13.8. The Kier molecular flexibility index (Phi) is 6.10. The third kappa shape index (κ3) is 4.32. The van der Waals surface area contributed by atoms with Crippen molar-refractivity contribution in [1.82, 2.24) is 24.6 Å². The highest BCUT2D eigenvalue weighted by atomic mass is 32.1. The summed E-state index contributed by atoms with van der Waals surface area (Å²) in [6.07, 6.45) is -3.02. The summed E-state index contributed by atoms with van der Waals surface area (Å²) in [6, 6.07) is 14.1. The second-order valence-corrected chi connectivity index (χ2v) is 9.25. The molecule has 1 N–H and O–H groups in total. The van der Waals surface area contributed by atoms with Crippen molar-refractivity contribution in [2.24, 2.45) is 0 Å². The van der Waals surface area contributed by atoms with Gasteiger partial charge in [-0.15, -0.1) is 0 Å². The zero-order chi connectivity index (χ0) is 24.7. The monoisotopic (exact) mass is 498 g/mol. The number of hydrogen-bond donors (Lipinski definition) is 1. The van der Waals surface area contributed by atoms with Gasteiger partial charge in [0.15, 0.2) is 10.6 Å². The molecule has 1 aliphatic heterocycles.